The summed E-state index contributed by atoms with van der Waals surface area (Å²) in [6, 6.07) is 1.47. The van der Waals surface area contributed by atoms with Crippen LogP contribution in [0.4, 0.5) is 0 Å². The Bertz CT molecular complexity index is 522. The summed E-state index contributed by atoms with van der Waals surface area (Å²) >= 11 is 0. The third kappa shape index (κ3) is 3.01. The van der Waals surface area contributed by atoms with Crippen molar-refractivity contribution in [2.24, 2.45) is 5.92 Å². The number of carboxylic acids is 1. The lowest BCUT2D eigenvalue weighted by Gasteiger charge is -2.15. The zero-order valence-corrected chi connectivity index (χ0v) is 11.9. The van der Waals surface area contributed by atoms with Crippen molar-refractivity contribution in [3.8, 4) is 0 Å². The molecule has 6 heteroatoms. The predicted octanol–water partition coefficient (Wildman–Crippen LogP) is 1.67. The van der Waals surface area contributed by atoms with Gasteiger partial charge in [0.15, 0.2) is 0 Å². The van der Waals surface area contributed by atoms with Crippen molar-refractivity contribution in [3.63, 3.8) is 0 Å². The summed E-state index contributed by atoms with van der Waals surface area (Å²) in [5.41, 5.74) is 0.138. The van der Waals surface area contributed by atoms with E-state index in [0.717, 1.165) is 6.42 Å². The second kappa shape index (κ2) is 5.66. The van der Waals surface area contributed by atoms with E-state index in [9.17, 15) is 9.59 Å². The molecule has 1 aromatic rings. The number of nitrogens with zero attached hydrogens (tertiary/aromatic N) is 1. The van der Waals surface area contributed by atoms with Crippen LogP contribution in [0, 0.1) is 12.8 Å². The van der Waals surface area contributed by atoms with Gasteiger partial charge in [-0.25, -0.2) is 4.79 Å². The lowest BCUT2D eigenvalue weighted by molar-refractivity contribution is -0.133. The fraction of sp³-hybridized carbons (Fsp3) is 0.571. The van der Waals surface area contributed by atoms with E-state index in [4.69, 9.17) is 14.3 Å². The van der Waals surface area contributed by atoms with Crippen LogP contribution in [0.2, 0.25) is 0 Å². The molecule has 1 heterocycles. The number of hydrogen-bond acceptors (Lipinski definition) is 4. The molecule has 0 spiro atoms. The molecule has 1 aliphatic rings. The van der Waals surface area contributed by atoms with Gasteiger partial charge in [-0.3, -0.25) is 4.79 Å². The highest BCUT2D eigenvalue weighted by Crippen LogP contribution is 2.35. The molecule has 1 aromatic heterocycles. The summed E-state index contributed by atoms with van der Waals surface area (Å²) in [5, 5.41) is 8.96. The van der Waals surface area contributed by atoms with Gasteiger partial charge < -0.3 is 19.2 Å². The van der Waals surface area contributed by atoms with E-state index in [2.05, 4.69) is 0 Å². The molecule has 1 fully saturated rings. The number of amides is 1. The molecule has 0 aromatic carbocycles. The number of carboxylic acid groups (broad SMARTS) is 1. The molecule has 0 unspecified atom stereocenters. The van der Waals surface area contributed by atoms with E-state index < -0.39 is 5.97 Å². The molecule has 1 N–H and O–H groups in total. The lowest BCUT2D eigenvalue weighted by atomic mass is 10.2. The van der Waals surface area contributed by atoms with E-state index >= 15 is 0 Å². The quantitative estimate of drug-likeness (QED) is 0.858. The first kappa shape index (κ1) is 14.6. The van der Waals surface area contributed by atoms with Crippen LogP contribution < -0.4 is 0 Å². The smallest absolute Gasteiger partial charge is 0.339 e. The molecule has 2 rings (SSSR count). The largest absolute Gasteiger partial charge is 0.478 e. The van der Waals surface area contributed by atoms with E-state index in [0.29, 0.717) is 18.1 Å². The summed E-state index contributed by atoms with van der Waals surface area (Å²) < 4.78 is 10.8. The van der Waals surface area contributed by atoms with Crippen LogP contribution in [0.1, 0.15) is 35.2 Å². The number of aryl methyl sites for hydroxylation is 1. The van der Waals surface area contributed by atoms with Crippen LogP contribution >= 0.6 is 0 Å². The average molecular weight is 281 g/mol. The molecule has 0 radical (unpaired) electrons. The molecule has 0 bridgehead atoms. The molecule has 110 valence electrons. The number of aromatic carboxylic acids is 1. The molecule has 1 saturated carbocycles. The maximum absolute atomic E-state index is 12.1. The highest BCUT2D eigenvalue weighted by atomic mass is 16.5. The second-order valence-electron chi connectivity index (χ2n) is 5.02. The first-order chi connectivity index (χ1) is 9.43. The fourth-order valence-corrected chi connectivity index (χ4v) is 2.26. The van der Waals surface area contributed by atoms with Crippen LogP contribution in [0.25, 0.3) is 0 Å². The van der Waals surface area contributed by atoms with Crippen molar-refractivity contribution in [3.05, 3.63) is 23.2 Å². The molecule has 6 nitrogen and oxygen atoms in total. The third-order valence-corrected chi connectivity index (χ3v) is 3.40. The van der Waals surface area contributed by atoms with Gasteiger partial charge in [-0.1, -0.05) is 0 Å². The van der Waals surface area contributed by atoms with E-state index in [1.807, 2.05) is 6.92 Å². The van der Waals surface area contributed by atoms with Gasteiger partial charge in [0.1, 0.15) is 17.1 Å². The van der Waals surface area contributed by atoms with Crippen LogP contribution in [0.15, 0.2) is 10.5 Å². The minimum atomic E-state index is -1.02. The lowest BCUT2D eigenvalue weighted by Crippen LogP contribution is -2.28. The van der Waals surface area contributed by atoms with Crippen LogP contribution in [0.3, 0.4) is 0 Å². The number of carbonyl (C=O) groups excluding carboxylic acids is 1. The molecule has 1 aliphatic carbocycles. The average Bonchev–Trinajstić information content (AvgIpc) is 3.04. The Morgan fingerprint density at radius 1 is 1.55 bits per heavy atom. The van der Waals surface area contributed by atoms with Crippen molar-refractivity contribution < 1.29 is 23.8 Å². The van der Waals surface area contributed by atoms with Gasteiger partial charge >= 0.3 is 5.97 Å². The monoisotopic (exact) mass is 281 g/mol. The molecule has 1 amide bonds. The molecule has 0 aliphatic heterocycles. The van der Waals surface area contributed by atoms with Gasteiger partial charge in [0.25, 0.3) is 0 Å². The normalized spacial score (nSPS) is 20.8. The highest BCUT2D eigenvalue weighted by molar-refractivity contribution is 5.88. The van der Waals surface area contributed by atoms with Gasteiger partial charge in [0.05, 0.1) is 18.6 Å². The Hall–Kier alpha value is -1.82. The van der Waals surface area contributed by atoms with Gasteiger partial charge in [0, 0.05) is 13.7 Å². The van der Waals surface area contributed by atoms with Crippen LogP contribution in [0.5, 0.6) is 0 Å². The summed E-state index contributed by atoms with van der Waals surface area (Å²) in [5.74, 6) is -0.259. The van der Waals surface area contributed by atoms with Crippen molar-refractivity contribution in [1.29, 1.82) is 0 Å². The van der Waals surface area contributed by atoms with Gasteiger partial charge in [-0.05, 0) is 26.3 Å². The van der Waals surface area contributed by atoms with Gasteiger partial charge in [-0.2, -0.15) is 0 Å². The first-order valence-electron chi connectivity index (χ1n) is 6.63. The molecule has 20 heavy (non-hydrogen) atoms. The summed E-state index contributed by atoms with van der Waals surface area (Å²) in [7, 11) is 1.68. The molecular weight excluding hydrogens is 262 g/mol. The number of hydrogen-bond donors (Lipinski definition) is 1. The second-order valence-corrected chi connectivity index (χ2v) is 5.02. The van der Waals surface area contributed by atoms with E-state index in [-0.39, 0.29) is 30.0 Å². The minimum absolute atomic E-state index is 0.00868. The number of rotatable bonds is 6. The zero-order valence-electron chi connectivity index (χ0n) is 11.9. The van der Waals surface area contributed by atoms with E-state index in [1.165, 1.54) is 6.07 Å². The maximum Gasteiger partial charge on any atom is 0.339 e. The van der Waals surface area contributed by atoms with Crippen LogP contribution in [-0.2, 0) is 16.1 Å². The Morgan fingerprint density at radius 3 is 2.80 bits per heavy atom. The highest BCUT2D eigenvalue weighted by Gasteiger charge is 2.45. The Morgan fingerprint density at radius 2 is 2.25 bits per heavy atom. The van der Waals surface area contributed by atoms with Crippen molar-refractivity contribution in [2.75, 3.05) is 13.7 Å². The first-order valence-corrected chi connectivity index (χ1v) is 6.63. The summed E-state index contributed by atoms with van der Waals surface area (Å²) in [4.78, 5) is 24.6. The number of furan rings is 1. The SMILES string of the molecule is CCO[C@@H]1C[C@H]1C(=O)N(C)Cc1cc(C(=O)O)c(C)o1. The predicted molar refractivity (Wildman–Crippen MR) is 70.4 cm³/mol. The molecule has 2 atom stereocenters. The number of carbonyl (C=O) groups is 2. The van der Waals surface area contributed by atoms with Crippen LogP contribution in [-0.4, -0.2) is 41.6 Å². The minimum Gasteiger partial charge on any atom is -0.478 e. The van der Waals surface area contributed by atoms with Crippen molar-refractivity contribution >= 4 is 11.9 Å². The maximum atomic E-state index is 12.1. The molecule has 0 saturated heterocycles. The zero-order chi connectivity index (χ0) is 14.9. The topological polar surface area (TPSA) is 80.0 Å². The number of ether oxygens (including phenoxy) is 1. The van der Waals surface area contributed by atoms with Gasteiger partial charge in [0.2, 0.25) is 5.91 Å². The van der Waals surface area contributed by atoms with E-state index in [1.54, 1.807) is 18.9 Å². The Kier molecular flexibility index (Phi) is 4.13. The van der Waals surface area contributed by atoms with Crippen molar-refractivity contribution in [1.82, 2.24) is 4.90 Å². The fourth-order valence-electron chi connectivity index (χ4n) is 2.26. The third-order valence-electron chi connectivity index (χ3n) is 3.40. The Labute approximate surface area is 117 Å². The van der Waals surface area contributed by atoms with Crippen molar-refractivity contribution in [2.45, 2.75) is 32.9 Å². The summed E-state index contributed by atoms with van der Waals surface area (Å²) in [6.07, 6.45) is 0.789. The molecular formula is C14H19NO5. The van der Waals surface area contributed by atoms with Gasteiger partial charge in [-0.15, -0.1) is 0 Å². The Balaban J connectivity index is 1.95. The summed E-state index contributed by atoms with van der Waals surface area (Å²) in [6.45, 7) is 4.38. The standard InChI is InChI=1S/C14H19NO5/c1-4-19-12-6-11(12)13(16)15(3)7-9-5-10(14(17)18)8(2)20-9/h5,11-12H,4,6-7H2,1-3H3,(H,17,18)/t11-,12-/m1/s1.